The number of hydrogen-bond acceptors (Lipinski definition) is 5. The van der Waals surface area contributed by atoms with Gasteiger partial charge in [-0.3, -0.25) is 5.32 Å². The molecule has 2 rings (SSSR count). The highest BCUT2D eigenvalue weighted by Gasteiger charge is 2.23. The fourth-order valence-corrected chi connectivity index (χ4v) is 2.82. The zero-order valence-corrected chi connectivity index (χ0v) is 13.0. The summed E-state index contributed by atoms with van der Waals surface area (Å²) in [5, 5.41) is 13.0. The van der Waals surface area contributed by atoms with Gasteiger partial charge in [-0.25, -0.2) is 9.78 Å². The monoisotopic (exact) mass is 306 g/mol. The van der Waals surface area contributed by atoms with E-state index in [-0.39, 0.29) is 6.61 Å². The summed E-state index contributed by atoms with van der Waals surface area (Å²) >= 11 is 1.24. The highest BCUT2D eigenvalue weighted by atomic mass is 32.1. The predicted octanol–water partition coefficient (Wildman–Crippen LogP) is 3.43. The Morgan fingerprint density at radius 1 is 1.38 bits per heavy atom. The van der Waals surface area contributed by atoms with E-state index in [0.717, 1.165) is 10.4 Å². The van der Waals surface area contributed by atoms with Gasteiger partial charge in [0.15, 0.2) is 5.13 Å². The molecule has 0 fully saturated rings. The molecule has 5 nitrogen and oxygen atoms in total. The van der Waals surface area contributed by atoms with E-state index in [4.69, 9.17) is 4.74 Å². The van der Waals surface area contributed by atoms with Gasteiger partial charge in [0.1, 0.15) is 6.61 Å². The Hall–Kier alpha value is -1.92. The van der Waals surface area contributed by atoms with Crippen LogP contribution >= 0.6 is 11.3 Å². The van der Waals surface area contributed by atoms with Crippen molar-refractivity contribution in [2.24, 2.45) is 0 Å². The second kappa shape index (κ2) is 6.24. The van der Waals surface area contributed by atoms with E-state index in [2.05, 4.69) is 10.3 Å². The Bertz CT molecular complexity index is 618. The van der Waals surface area contributed by atoms with Gasteiger partial charge >= 0.3 is 6.09 Å². The number of thiazole rings is 1. The maximum absolute atomic E-state index is 11.7. The highest BCUT2D eigenvalue weighted by molar-refractivity contribution is 7.16. The van der Waals surface area contributed by atoms with Gasteiger partial charge in [-0.2, -0.15) is 0 Å². The molecule has 6 heteroatoms. The van der Waals surface area contributed by atoms with Crippen molar-refractivity contribution in [3.63, 3.8) is 0 Å². The molecule has 1 heterocycles. The second-order valence-corrected chi connectivity index (χ2v) is 6.18. The fourth-order valence-electron chi connectivity index (χ4n) is 1.86. The van der Waals surface area contributed by atoms with Crippen LogP contribution in [0.25, 0.3) is 0 Å². The number of aliphatic hydroxyl groups is 1. The van der Waals surface area contributed by atoms with Crippen molar-refractivity contribution in [2.45, 2.75) is 33.0 Å². The van der Waals surface area contributed by atoms with Crippen LogP contribution < -0.4 is 5.32 Å². The average Bonchev–Trinajstić information content (AvgIpc) is 2.78. The quantitative estimate of drug-likeness (QED) is 0.908. The summed E-state index contributed by atoms with van der Waals surface area (Å²) in [6, 6.07) is 9.44. The number of aryl methyl sites for hydroxylation is 1. The van der Waals surface area contributed by atoms with Crippen LogP contribution in [0.3, 0.4) is 0 Å². The lowest BCUT2D eigenvalue weighted by Gasteiger charge is -2.14. The van der Waals surface area contributed by atoms with Crippen LogP contribution in [0.1, 0.15) is 30.0 Å². The average molecular weight is 306 g/mol. The molecule has 0 saturated heterocycles. The first-order chi connectivity index (χ1) is 9.86. The number of rotatable bonds is 4. The van der Waals surface area contributed by atoms with Crippen molar-refractivity contribution in [1.29, 1.82) is 0 Å². The number of amides is 1. The van der Waals surface area contributed by atoms with Crippen LogP contribution in [0.2, 0.25) is 0 Å². The maximum Gasteiger partial charge on any atom is 0.413 e. The number of benzene rings is 1. The fraction of sp³-hybridized carbons (Fsp3) is 0.333. The molecule has 0 atom stereocenters. The van der Waals surface area contributed by atoms with E-state index in [1.165, 1.54) is 11.3 Å². The Morgan fingerprint density at radius 3 is 2.62 bits per heavy atom. The number of carbonyl (C=O) groups is 1. The molecule has 1 aromatic heterocycles. The molecule has 0 aliphatic carbocycles. The lowest BCUT2D eigenvalue weighted by Crippen LogP contribution is -2.14. The van der Waals surface area contributed by atoms with E-state index < -0.39 is 11.7 Å². The zero-order valence-electron chi connectivity index (χ0n) is 12.2. The minimum absolute atomic E-state index is 0.204. The van der Waals surface area contributed by atoms with Crippen LogP contribution in [0.15, 0.2) is 30.3 Å². The Balaban J connectivity index is 1.94. The molecule has 0 aliphatic heterocycles. The normalized spacial score (nSPS) is 11.2. The number of aromatic nitrogens is 1. The number of hydrogen-bond donors (Lipinski definition) is 2. The molecule has 112 valence electrons. The molecule has 0 spiro atoms. The Kier molecular flexibility index (Phi) is 4.59. The van der Waals surface area contributed by atoms with E-state index >= 15 is 0 Å². The third-order valence-electron chi connectivity index (χ3n) is 2.77. The van der Waals surface area contributed by atoms with Gasteiger partial charge in [-0.1, -0.05) is 41.7 Å². The standard InChI is InChI=1S/C15H18N2O3S/c1-10-12(15(2,3)19)21-13(16-10)17-14(18)20-9-11-7-5-4-6-8-11/h4-8,19H,9H2,1-3H3,(H,16,17,18). The van der Waals surface area contributed by atoms with E-state index in [9.17, 15) is 9.90 Å². The molecule has 0 radical (unpaired) electrons. The third-order valence-corrected chi connectivity index (χ3v) is 4.16. The van der Waals surface area contributed by atoms with Gasteiger partial charge in [-0.05, 0) is 26.3 Å². The maximum atomic E-state index is 11.7. The van der Waals surface area contributed by atoms with Crippen molar-refractivity contribution in [3.05, 3.63) is 46.5 Å². The topological polar surface area (TPSA) is 71.5 Å². The molecule has 2 N–H and O–H groups in total. The summed E-state index contributed by atoms with van der Waals surface area (Å²) in [6.45, 7) is 5.37. The van der Waals surface area contributed by atoms with Crippen LogP contribution in [0.5, 0.6) is 0 Å². The Labute approximate surface area is 127 Å². The van der Waals surface area contributed by atoms with Crippen molar-refractivity contribution < 1.29 is 14.6 Å². The van der Waals surface area contributed by atoms with Gasteiger partial charge in [-0.15, -0.1) is 0 Å². The first-order valence-corrected chi connectivity index (χ1v) is 7.36. The molecule has 0 bridgehead atoms. The highest BCUT2D eigenvalue weighted by Crippen LogP contribution is 2.32. The number of nitrogens with one attached hydrogen (secondary N) is 1. The van der Waals surface area contributed by atoms with Crippen LogP contribution in [-0.2, 0) is 16.9 Å². The van der Waals surface area contributed by atoms with Gasteiger partial charge in [0.05, 0.1) is 16.2 Å². The molecule has 0 aliphatic rings. The molecule has 1 amide bonds. The first-order valence-electron chi connectivity index (χ1n) is 6.54. The first kappa shape index (κ1) is 15.5. The molecule has 0 unspecified atom stereocenters. The minimum atomic E-state index is -0.977. The SMILES string of the molecule is Cc1nc(NC(=O)OCc2ccccc2)sc1C(C)(C)O. The summed E-state index contributed by atoms with van der Waals surface area (Å²) in [5.74, 6) is 0. The van der Waals surface area contributed by atoms with E-state index in [0.29, 0.717) is 10.8 Å². The third kappa shape index (κ3) is 4.27. The predicted molar refractivity (Wildman–Crippen MR) is 82.3 cm³/mol. The van der Waals surface area contributed by atoms with Crippen molar-refractivity contribution >= 4 is 22.6 Å². The summed E-state index contributed by atoms with van der Waals surface area (Å²) in [5.41, 5.74) is 0.640. The number of nitrogens with zero attached hydrogens (tertiary/aromatic N) is 1. The smallest absolute Gasteiger partial charge is 0.413 e. The van der Waals surface area contributed by atoms with Crippen LogP contribution in [0.4, 0.5) is 9.93 Å². The number of anilines is 1. The molecular weight excluding hydrogens is 288 g/mol. The molecule has 0 saturated carbocycles. The number of carbonyl (C=O) groups excluding carboxylic acids is 1. The summed E-state index contributed by atoms with van der Waals surface area (Å²) in [4.78, 5) is 16.7. The Morgan fingerprint density at radius 2 is 2.05 bits per heavy atom. The van der Waals surface area contributed by atoms with E-state index in [1.807, 2.05) is 30.3 Å². The minimum Gasteiger partial charge on any atom is -0.444 e. The summed E-state index contributed by atoms with van der Waals surface area (Å²) in [7, 11) is 0. The zero-order chi connectivity index (χ0) is 15.5. The largest absolute Gasteiger partial charge is 0.444 e. The van der Waals surface area contributed by atoms with Gasteiger partial charge < -0.3 is 9.84 Å². The molecular formula is C15H18N2O3S. The summed E-state index contributed by atoms with van der Waals surface area (Å²) < 4.78 is 5.12. The van der Waals surface area contributed by atoms with Crippen LogP contribution in [0, 0.1) is 6.92 Å². The second-order valence-electron chi connectivity index (χ2n) is 5.18. The van der Waals surface area contributed by atoms with Crippen molar-refractivity contribution in [2.75, 3.05) is 5.32 Å². The van der Waals surface area contributed by atoms with Crippen molar-refractivity contribution in [1.82, 2.24) is 4.98 Å². The van der Waals surface area contributed by atoms with Crippen molar-refractivity contribution in [3.8, 4) is 0 Å². The molecule has 1 aromatic carbocycles. The van der Waals surface area contributed by atoms with E-state index in [1.54, 1.807) is 20.8 Å². The molecule has 2 aromatic rings. The summed E-state index contributed by atoms with van der Waals surface area (Å²) in [6.07, 6.45) is -0.560. The lowest BCUT2D eigenvalue weighted by atomic mass is 10.1. The van der Waals surface area contributed by atoms with Gasteiger partial charge in [0.2, 0.25) is 0 Å². The van der Waals surface area contributed by atoms with Gasteiger partial charge in [0, 0.05) is 0 Å². The van der Waals surface area contributed by atoms with Gasteiger partial charge in [0.25, 0.3) is 0 Å². The molecule has 21 heavy (non-hydrogen) atoms. The number of ether oxygens (including phenoxy) is 1. The van der Waals surface area contributed by atoms with Crippen LogP contribution in [-0.4, -0.2) is 16.2 Å². The lowest BCUT2D eigenvalue weighted by molar-refractivity contribution is 0.0816.